The Balaban J connectivity index is 3.51. The van der Waals surface area contributed by atoms with Gasteiger partial charge in [0.1, 0.15) is 5.17 Å². The van der Waals surface area contributed by atoms with E-state index < -0.39 is 4.92 Å². The van der Waals surface area contributed by atoms with E-state index in [-0.39, 0.29) is 22.4 Å². The van der Waals surface area contributed by atoms with Crippen LogP contribution in [-0.4, -0.2) is 31.4 Å². The largest absolute Gasteiger partial charge is 0.493 e. The highest BCUT2D eigenvalue weighted by molar-refractivity contribution is 6.69. The molecule has 0 aliphatic carbocycles. The maximum Gasteiger partial charge on any atom is 0.315 e. The molecule has 0 aliphatic heterocycles. The van der Waals surface area contributed by atoms with E-state index in [2.05, 4.69) is 4.99 Å². The minimum absolute atomic E-state index is 0.0572. The summed E-state index contributed by atoms with van der Waals surface area (Å²) in [6.07, 6.45) is 0. The van der Waals surface area contributed by atoms with E-state index in [0.717, 1.165) is 0 Å². The van der Waals surface area contributed by atoms with Crippen molar-refractivity contribution in [2.75, 3.05) is 21.3 Å². The van der Waals surface area contributed by atoms with Crippen molar-refractivity contribution in [3.05, 3.63) is 27.8 Å². The summed E-state index contributed by atoms with van der Waals surface area (Å²) in [6.45, 7) is 0. The number of ether oxygens (including phenoxy) is 2. The molecular weight excluding hydrogens is 248 g/mol. The molecule has 0 saturated carbocycles. The third-order valence-corrected chi connectivity index (χ3v) is 2.48. The van der Waals surface area contributed by atoms with E-state index in [1.165, 1.54) is 33.4 Å². The maximum absolute atomic E-state index is 10.9. The molecule has 0 radical (unpaired) electrons. The second-order valence-corrected chi connectivity index (χ2v) is 3.36. The fraction of sp³-hybridized carbons (Fsp3) is 0.300. The van der Waals surface area contributed by atoms with Crippen LogP contribution in [0.3, 0.4) is 0 Å². The van der Waals surface area contributed by atoms with Crippen LogP contribution in [-0.2, 0) is 0 Å². The SMILES string of the molecule is CN=C(Cl)c1cc(OC)c(OC)c([N+](=O)[O-])c1. The van der Waals surface area contributed by atoms with E-state index in [9.17, 15) is 10.1 Å². The van der Waals surface area contributed by atoms with Crippen molar-refractivity contribution in [2.45, 2.75) is 0 Å². The summed E-state index contributed by atoms with van der Waals surface area (Å²) in [5, 5.41) is 11.1. The van der Waals surface area contributed by atoms with Gasteiger partial charge in [-0.05, 0) is 6.07 Å². The van der Waals surface area contributed by atoms with Gasteiger partial charge in [0.25, 0.3) is 0 Å². The highest BCUT2D eigenvalue weighted by atomic mass is 35.5. The number of nitro benzene ring substituents is 1. The smallest absolute Gasteiger partial charge is 0.315 e. The van der Waals surface area contributed by atoms with Crippen LogP contribution in [0, 0.1) is 10.1 Å². The van der Waals surface area contributed by atoms with E-state index in [0.29, 0.717) is 5.56 Å². The highest BCUT2D eigenvalue weighted by Gasteiger charge is 2.22. The predicted octanol–water partition coefficient (Wildman–Crippen LogP) is 2.23. The van der Waals surface area contributed by atoms with Crippen molar-refractivity contribution in [2.24, 2.45) is 4.99 Å². The lowest BCUT2D eigenvalue weighted by atomic mass is 10.2. The molecule has 0 aromatic heterocycles. The number of rotatable bonds is 4. The van der Waals surface area contributed by atoms with Gasteiger partial charge in [0.15, 0.2) is 5.75 Å². The summed E-state index contributed by atoms with van der Waals surface area (Å²) in [4.78, 5) is 14.1. The molecule has 6 nitrogen and oxygen atoms in total. The van der Waals surface area contributed by atoms with Crippen molar-refractivity contribution in [3.8, 4) is 11.5 Å². The molecule has 0 unspecified atom stereocenters. The van der Waals surface area contributed by atoms with Gasteiger partial charge in [0, 0.05) is 18.7 Å². The molecule has 0 saturated heterocycles. The Morgan fingerprint density at radius 2 is 2.06 bits per heavy atom. The first-order valence-corrected chi connectivity index (χ1v) is 4.96. The zero-order valence-corrected chi connectivity index (χ0v) is 10.3. The van der Waals surface area contributed by atoms with E-state index in [1.54, 1.807) is 0 Å². The first-order valence-electron chi connectivity index (χ1n) is 4.58. The monoisotopic (exact) mass is 258 g/mol. The van der Waals surface area contributed by atoms with Gasteiger partial charge in [0.2, 0.25) is 5.75 Å². The number of hydrogen-bond donors (Lipinski definition) is 0. The first kappa shape index (κ1) is 13.2. The zero-order chi connectivity index (χ0) is 13.0. The van der Waals surface area contributed by atoms with Crippen molar-refractivity contribution < 1.29 is 14.4 Å². The molecule has 1 aromatic carbocycles. The quantitative estimate of drug-likeness (QED) is 0.471. The van der Waals surface area contributed by atoms with E-state index in [1.807, 2.05) is 0 Å². The van der Waals surface area contributed by atoms with Crippen LogP contribution in [0.15, 0.2) is 17.1 Å². The summed E-state index contributed by atoms with van der Waals surface area (Å²) >= 11 is 5.82. The molecule has 0 N–H and O–H groups in total. The molecule has 0 fully saturated rings. The Morgan fingerprint density at radius 3 is 2.47 bits per heavy atom. The summed E-state index contributed by atoms with van der Waals surface area (Å²) in [5.41, 5.74) is 0.183. The van der Waals surface area contributed by atoms with Gasteiger partial charge < -0.3 is 9.47 Å². The molecule has 1 rings (SSSR count). The van der Waals surface area contributed by atoms with Gasteiger partial charge in [0.05, 0.1) is 19.1 Å². The zero-order valence-electron chi connectivity index (χ0n) is 9.56. The fourth-order valence-corrected chi connectivity index (χ4v) is 1.44. The van der Waals surface area contributed by atoms with Crippen LogP contribution in [0.5, 0.6) is 11.5 Å². The number of hydrogen-bond acceptors (Lipinski definition) is 5. The number of benzene rings is 1. The second kappa shape index (κ2) is 5.49. The lowest BCUT2D eigenvalue weighted by Gasteiger charge is -2.09. The average Bonchev–Trinajstić information content (AvgIpc) is 2.35. The molecular formula is C10H11ClN2O4. The summed E-state index contributed by atoms with van der Waals surface area (Å²) < 4.78 is 9.97. The lowest BCUT2D eigenvalue weighted by molar-refractivity contribution is -0.385. The number of methoxy groups -OCH3 is 2. The first-order chi connectivity index (χ1) is 8.04. The van der Waals surface area contributed by atoms with Crippen LogP contribution in [0.4, 0.5) is 5.69 Å². The molecule has 92 valence electrons. The number of nitro groups is 1. The second-order valence-electron chi connectivity index (χ2n) is 3.00. The van der Waals surface area contributed by atoms with Gasteiger partial charge >= 0.3 is 5.69 Å². The Labute approximate surface area is 103 Å². The molecule has 1 aromatic rings. The molecule has 0 bridgehead atoms. The van der Waals surface area contributed by atoms with Crippen LogP contribution in [0.2, 0.25) is 0 Å². The van der Waals surface area contributed by atoms with Crippen LogP contribution >= 0.6 is 11.6 Å². The predicted molar refractivity (Wildman–Crippen MR) is 64.5 cm³/mol. The minimum Gasteiger partial charge on any atom is -0.493 e. The molecule has 17 heavy (non-hydrogen) atoms. The third kappa shape index (κ3) is 2.65. The summed E-state index contributed by atoms with van der Waals surface area (Å²) in [7, 11) is 4.22. The van der Waals surface area contributed by atoms with E-state index >= 15 is 0 Å². The van der Waals surface area contributed by atoms with Crippen LogP contribution in [0.1, 0.15) is 5.56 Å². The van der Waals surface area contributed by atoms with Gasteiger partial charge in [-0.15, -0.1) is 0 Å². The Morgan fingerprint density at radius 1 is 1.41 bits per heavy atom. The Bertz CT molecular complexity index is 474. The van der Waals surface area contributed by atoms with E-state index in [4.69, 9.17) is 21.1 Å². The fourth-order valence-electron chi connectivity index (χ4n) is 1.33. The van der Waals surface area contributed by atoms with Crippen molar-refractivity contribution in [1.29, 1.82) is 0 Å². The summed E-state index contributed by atoms with van der Waals surface area (Å²) in [6, 6.07) is 2.82. The maximum atomic E-state index is 10.9. The lowest BCUT2D eigenvalue weighted by Crippen LogP contribution is -2.01. The molecule has 7 heteroatoms. The average molecular weight is 259 g/mol. The Kier molecular flexibility index (Phi) is 4.28. The van der Waals surface area contributed by atoms with Gasteiger partial charge in [-0.25, -0.2) is 0 Å². The summed E-state index contributed by atoms with van der Waals surface area (Å²) in [5.74, 6) is 0.292. The van der Waals surface area contributed by atoms with Crippen molar-refractivity contribution >= 4 is 22.5 Å². The molecule has 0 spiro atoms. The van der Waals surface area contributed by atoms with Gasteiger partial charge in [-0.2, -0.15) is 0 Å². The van der Waals surface area contributed by atoms with Gasteiger partial charge in [-0.3, -0.25) is 15.1 Å². The number of halogens is 1. The minimum atomic E-state index is -0.565. The molecule has 0 aliphatic rings. The van der Waals surface area contributed by atoms with Crippen molar-refractivity contribution in [3.63, 3.8) is 0 Å². The van der Waals surface area contributed by atoms with Crippen molar-refractivity contribution in [1.82, 2.24) is 0 Å². The molecule has 0 amide bonds. The standard InChI is InChI=1S/C10H11ClN2O4/c1-12-10(11)6-4-7(13(14)15)9(17-3)8(5-6)16-2/h4-5H,1-3H3. The third-order valence-electron chi connectivity index (χ3n) is 2.09. The molecule has 0 heterocycles. The highest BCUT2D eigenvalue weighted by Crippen LogP contribution is 2.38. The Hall–Kier alpha value is -1.82. The van der Waals surface area contributed by atoms with Crippen LogP contribution in [0.25, 0.3) is 0 Å². The topological polar surface area (TPSA) is 74.0 Å². The number of aliphatic imine (C=N–C) groups is 1. The normalized spacial score (nSPS) is 11.2. The van der Waals surface area contributed by atoms with Crippen LogP contribution < -0.4 is 9.47 Å². The van der Waals surface area contributed by atoms with Gasteiger partial charge in [-0.1, -0.05) is 11.6 Å². The number of nitrogens with zero attached hydrogens (tertiary/aromatic N) is 2. The molecule has 0 atom stereocenters.